The maximum Gasteiger partial charge on any atom is 0.359 e. The van der Waals surface area contributed by atoms with Crippen molar-refractivity contribution < 1.29 is 29.0 Å². The van der Waals surface area contributed by atoms with E-state index in [9.17, 15) is 24.3 Å². The number of carboxylic acid groups (broad SMARTS) is 1. The fraction of sp³-hybridized carbons (Fsp3) is 0.469. The van der Waals surface area contributed by atoms with Crippen molar-refractivity contribution in [3.05, 3.63) is 59.5 Å². The van der Waals surface area contributed by atoms with Gasteiger partial charge in [-0.05, 0) is 83.1 Å². The molecule has 11 nitrogen and oxygen atoms in total. The summed E-state index contributed by atoms with van der Waals surface area (Å²) in [5, 5.41) is 13.4. The van der Waals surface area contributed by atoms with Crippen LogP contribution in [0.2, 0.25) is 0 Å². The Morgan fingerprint density at radius 1 is 1.14 bits per heavy atom. The van der Waals surface area contributed by atoms with Gasteiger partial charge in [-0.2, -0.15) is 0 Å². The van der Waals surface area contributed by atoms with E-state index in [-0.39, 0.29) is 48.6 Å². The number of nitrogens with zero attached hydrogens (tertiary/aromatic N) is 2. The second kappa shape index (κ2) is 13.7. The summed E-state index contributed by atoms with van der Waals surface area (Å²) in [6, 6.07) is 10.7. The van der Waals surface area contributed by atoms with Crippen molar-refractivity contribution in [3.8, 4) is 0 Å². The number of aromatic nitrogens is 2. The molecule has 1 aromatic carbocycles. The number of nitrogens with two attached hydrogens (primary N) is 1. The number of hydrogen-bond acceptors (Lipinski definition) is 7. The van der Waals surface area contributed by atoms with Crippen LogP contribution in [0.3, 0.4) is 0 Å². The highest BCUT2D eigenvalue weighted by molar-refractivity contribution is 5.93. The largest absolute Gasteiger partial charge is 0.481 e. The number of carbonyl (C=O) groups excluding carboxylic acids is 3. The Kier molecular flexibility index (Phi) is 10.1. The van der Waals surface area contributed by atoms with Crippen molar-refractivity contribution in [1.82, 2.24) is 20.2 Å². The predicted octanol–water partition coefficient (Wildman–Crippen LogP) is 4.01. The van der Waals surface area contributed by atoms with Crippen molar-refractivity contribution in [2.45, 2.75) is 89.8 Å². The second-order valence-electron chi connectivity index (χ2n) is 12.1. The lowest BCUT2D eigenvalue weighted by atomic mass is 10.0. The van der Waals surface area contributed by atoms with Crippen LogP contribution in [-0.2, 0) is 32.0 Å². The number of nitrogens with one attached hydrogen (secondary N) is 2. The second-order valence-corrected chi connectivity index (χ2v) is 12.1. The minimum absolute atomic E-state index is 0.0100. The number of pyridine rings is 1. The number of nitrogen functional groups attached to an aromatic ring is 1. The van der Waals surface area contributed by atoms with Crippen LogP contribution in [-0.4, -0.2) is 68.0 Å². The van der Waals surface area contributed by atoms with Crippen molar-refractivity contribution >= 4 is 40.3 Å². The first-order chi connectivity index (χ1) is 20.4. The number of benzene rings is 1. The Bertz CT molecular complexity index is 1470. The monoisotopic (exact) mass is 591 g/mol. The Morgan fingerprint density at radius 2 is 1.88 bits per heavy atom. The van der Waals surface area contributed by atoms with Gasteiger partial charge in [0, 0.05) is 41.3 Å². The standard InChI is InChI=1S/C32H41N5O6/c1-32(2,3)43-31(42)30-25(33)16-13-21(36-30)7-6-10-28(39)37(23-14-15-23)19-27(38)35-22(17-29(40)41)12-11-20-18-34-26-9-5-4-8-24(20)26/h4-5,8-9,13,16,18,22-23,34H,6-7,10-12,14-15,17,19,33H2,1-3H3,(H,35,38)(H,40,41)/t22-/m1/s1. The number of H-pyrrole nitrogens is 1. The Balaban J connectivity index is 1.30. The molecular formula is C32H41N5O6. The molecule has 1 atom stereocenters. The summed E-state index contributed by atoms with van der Waals surface area (Å²) in [6.45, 7) is 5.18. The number of carbonyl (C=O) groups is 4. The maximum atomic E-state index is 13.1. The number of hydrogen-bond donors (Lipinski definition) is 4. The minimum atomic E-state index is -0.995. The first-order valence-electron chi connectivity index (χ1n) is 14.7. The SMILES string of the molecule is CC(C)(C)OC(=O)c1nc(CCCC(=O)N(CC(=O)N[C@H](CCc2c[nH]c3ccccc23)CC(=O)O)C2CC2)ccc1N. The zero-order valence-corrected chi connectivity index (χ0v) is 25.0. The van der Waals surface area contributed by atoms with Crippen molar-refractivity contribution in [2.75, 3.05) is 12.3 Å². The zero-order chi connectivity index (χ0) is 31.1. The van der Waals surface area contributed by atoms with Crippen molar-refractivity contribution in [1.29, 1.82) is 0 Å². The molecule has 0 unspecified atom stereocenters. The number of aliphatic carboxylic acids is 1. The number of para-hydroxylation sites is 1. The summed E-state index contributed by atoms with van der Waals surface area (Å²) in [5.41, 5.74) is 8.22. The molecule has 0 bridgehead atoms. The van der Waals surface area contributed by atoms with E-state index in [2.05, 4.69) is 15.3 Å². The molecule has 230 valence electrons. The number of amides is 2. The van der Waals surface area contributed by atoms with Crippen molar-refractivity contribution in [3.63, 3.8) is 0 Å². The molecule has 11 heteroatoms. The van der Waals surface area contributed by atoms with E-state index in [0.717, 1.165) is 29.3 Å². The van der Waals surface area contributed by atoms with Crippen LogP contribution in [0.5, 0.6) is 0 Å². The van der Waals surface area contributed by atoms with Gasteiger partial charge < -0.3 is 30.8 Å². The van der Waals surface area contributed by atoms with E-state index in [4.69, 9.17) is 10.5 Å². The van der Waals surface area contributed by atoms with Gasteiger partial charge in [0.1, 0.15) is 5.60 Å². The van der Waals surface area contributed by atoms with Gasteiger partial charge in [0.2, 0.25) is 11.8 Å². The fourth-order valence-electron chi connectivity index (χ4n) is 5.04. The zero-order valence-electron chi connectivity index (χ0n) is 25.0. The number of aryl methyl sites for hydroxylation is 2. The average molecular weight is 592 g/mol. The van der Waals surface area contributed by atoms with Gasteiger partial charge >= 0.3 is 11.9 Å². The molecule has 0 radical (unpaired) electrons. The summed E-state index contributed by atoms with van der Waals surface area (Å²) in [5.74, 6) is -2.11. The summed E-state index contributed by atoms with van der Waals surface area (Å²) >= 11 is 0. The van der Waals surface area contributed by atoms with Crippen LogP contribution in [0.25, 0.3) is 10.9 Å². The molecule has 4 rings (SSSR count). The molecule has 1 aliphatic carbocycles. The quantitative estimate of drug-likeness (QED) is 0.204. The van der Waals surface area contributed by atoms with Crippen LogP contribution in [0.15, 0.2) is 42.6 Å². The lowest BCUT2D eigenvalue weighted by Gasteiger charge is -2.24. The molecule has 1 fully saturated rings. The van der Waals surface area contributed by atoms with E-state index < -0.39 is 23.6 Å². The third-order valence-corrected chi connectivity index (χ3v) is 7.25. The molecule has 0 saturated heterocycles. The number of aromatic amines is 1. The van der Waals surface area contributed by atoms with Gasteiger partial charge in [0.25, 0.3) is 0 Å². The summed E-state index contributed by atoms with van der Waals surface area (Å²) in [4.78, 5) is 59.3. The normalized spacial score (nSPS) is 13.8. The van der Waals surface area contributed by atoms with Crippen LogP contribution in [0.1, 0.15) is 81.0 Å². The number of fused-ring (bicyclic) bond motifs is 1. The lowest BCUT2D eigenvalue weighted by Crippen LogP contribution is -2.45. The third kappa shape index (κ3) is 9.29. The average Bonchev–Trinajstić information content (AvgIpc) is 3.69. The van der Waals surface area contributed by atoms with Gasteiger partial charge in [-0.1, -0.05) is 18.2 Å². The first-order valence-corrected chi connectivity index (χ1v) is 14.7. The van der Waals surface area contributed by atoms with E-state index in [1.165, 1.54) is 0 Å². The Labute approximate surface area is 251 Å². The van der Waals surface area contributed by atoms with E-state index in [1.807, 2.05) is 30.5 Å². The topological polar surface area (TPSA) is 168 Å². The lowest BCUT2D eigenvalue weighted by molar-refractivity contribution is -0.139. The molecule has 2 amide bonds. The number of anilines is 1. The van der Waals surface area contributed by atoms with E-state index in [1.54, 1.807) is 37.8 Å². The highest BCUT2D eigenvalue weighted by atomic mass is 16.6. The maximum absolute atomic E-state index is 13.1. The molecule has 2 aromatic heterocycles. The molecule has 0 spiro atoms. The summed E-state index contributed by atoms with van der Waals surface area (Å²) in [6.07, 6.45) is 5.55. The number of carboxylic acids is 1. The van der Waals surface area contributed by atoms with E-state index in [0.29, 0.717) is 31.4 Å². The number of esters is 1. The summed E-state index contributed by atoms with van der Waals surface area (Å²) < 4.78 is 5.39. The molecule has 2 heterocycles. The van der Waals surface area contributed by atoms with Gasteiger partial charge in [-0.25, -0.2) is 9.78 Å². The molecular weight excluding hydrogens is 550 g/mol. The molecule has 0 aliphatic heterocycles. The third-order valence-electron chi connectivity index (χ3n) is 7.25. The highest BCUT2D eigenvalue weighted by Crippen LogP contribution is 2.28. The van der Waals surface area contributed by atoms with Gasteiger partial charge in [0.05, 0.1) is 18.7 Å². The van der Waals surface area contributed by atoms with Gasteiger partial charge in [-0.3, -0.25) is 14.4 Å². The minimum Gasteiger partial charge on any atom is -0.481 e. The van der Waals surface area contributed by atoms with Gasteiger partial charge in [-0.15, -0.1) is 0 Å². The Hall–Kier alpha value is -4.41. The molecule has 43 heavy (non-hydrogen) atoms. The smallest absolute Gasteiger partial charge is 0.359 e. The van der Waals surface area contributed by atoms with Crippen LogP contribution < -0.4 is 11.1 Å². The Morgan fingerprint density at radius 3 is 2.58 bits per heavy atom. The van der Waals surface area contributed by atoms with Crippen molar-refractivity contribution in [2.24, 2.45) is 0 Å². The van der Waals surface area contributed by atoms with Crippen LogP contribution >= 0.6 is 0 Å². The van der Waals surface area contributed by atoms with Gasteiger partial charge in [0.15, 0.2) is 5.69 Å². The molecule has 3 aromatic rings. The molecule has 5 N–H and O–H groups in total. The summed E-state index contributed by atoms with van der Waals surface area (Å²) in [7, 11) is 0. The van der Waals surface area contributed by atoms with E-state index >= 15 is 0 Å². The van der Waals surface area contributed by atoms with Crippen LogP contribution in [0.4, 0.5) is 5.69 Å². The van der Waals surface area contributed by atoms with Crippen LogP contribution in [0, 0.1) is 0 Å². The highest BCUT2D eigenvalue weighted by Gasteiger charge is 2.34. The predicted molar refractivity (Wildman–Crippen MR) is 162 cm³/mol. The number of rotatable bonds is 14. The fourth-order valence-corrected chi connectivity index (χ4v) is 5.04. The number of ether oxygens (including phenoxy) is 1. The molecule has 1 saturated carbocycles. The molecule has 1 aliphatic rings. The first kappa shape index (κ1) is 31.5.